The van der Waals surface area contributed by atoms with Gasteiger partial charge in [-0.15, -0.1) is 0 Å². The smallest absolute Gasteiger partial charge is 0.407 e. The number of carbonyl (C=O) groups excluding carboxylic acids is 2. The standard InChI is InChI=1S/C24H23N3O6/c1-13-14(2)27-33-23(13)26-22(30)20(11-21(28)29)25-24(31)32-12-19-17-9-5-3-7-15(17)16-8-4-6-10-18(16)19/h3-10,19-20H,11-12H2,1-2H3,(H,25,31)(H,26,30)(H,28,29). The number of alkyl carbamates (subject to hydrolysis) is 1. The summed E-state index contributed by atoms with van der Waals surface area (Å²) in [5.74, 6) is -2.05. The maximum absolute atomic E-state index is 12.6. The van der Waals surface area contributed by atoms with Crippen LogP contribution in [0.25, 0.3) is 11.1 Å². The van der Waals surface area contributed by atoms with Crippen LogP contribution in [-0.2, 0) is 14.3 Å². The number of carboxylic acids is 1. The summed E-state index contributed by atoms with van der Waals surface area (Å²) in [7, 11) is 0. The Morgan fingerprint density at radius 1 is 1.06 bits per heavy atom. The molecule has 0 spiro atoms. The summed E-state index contributed by atoms with van der Waals surface area (Å²) in [5.41, 5.74) is 5.46. The number of amides is 2. The van der Waals surface area contributed by atoms with E-state index in [1.165, 1.54) is 0 Å². The SMILES string of the molecule is Cc1noc(NC(=O)C(CC(=O)O)NC(=O)OCC2c3ccccc3-c3ccccc32)c1C. The first-order valence-corrected chi connectivity index (χ1v) is 10.4. The van der Waals surface area contributed by atoms with Crippen molar-refractivity contribution in [2.75, 3.05) is 11.9 Å². The van der Waals surface area contributed by atoms with Crippen LogP contribution in [0.4, 0.5) is 10.7 Å². The Labute approximate surface area is 189 Å². The first kappa shape index (κ1) is 22.1. The molecule has 1 atom stereocenters. The minimum absolute atomic E-state index is 0.0433. The normalized spacial score (nSPS) is 13.0. The van der Waals surface area contributed by atoms with Gasteiger partial charge in [-0.3, -0.25) is 14.9 Å². The fourth-order valence-electron chi connectivity index (χ4n) is 3.90. The Morgan fingerprint density at radius 3 is 2.21 bits per heavy atom. The van der Waals surface area contributed by atoms with E-state index in [1.54, 1.807) is 13.8 Å². The zero-order chi connectivity index (χ0) is 23.5. The molecule has 0 bridgehead atoms. The molecule has 1 heterocycles. The number of ether oxygens (including phenoxy) is 1. The molecular weight excluding hydrogens is 426 g/mol. The lowest BCUT2D eigenvalue weighted by molar-refractivity contribution is -0.139. The fourth-order valence-corrected chi connectivity index (χ4v) is 3.90. The molecule has 0 saturated heterocycles. The van der Waals surface area contributed by atoms with Crippen molar-refractivity contribution in [1.29, 1.82) is 0 Å². The molecule has 3 aromatic rings. The van der Waals surface area contributed by atoms with E-state index >= 15 is 0 Å². The molecule has 0 aliphatic heterocycles. The van der Waals surface area contributed by atoms with Gasteiger partial charge in [0.15, 0.2) is 0 Å². The molecule has 0 saturated carbocycles. The van der Waals surface area contributed by atoms with Crippen molar-refractivity contribution in [2.45, 2.75) is 32.2 Å². The summed E-state index contributed by atoms with van der Waals surface area (Å²) in [6.45, 7) is 3.45. The highest BCUT2D eigenvalue weighted by Crippen LogP contribution is 2.44. The van der Waals surface area contributed by atoms with E-state index in [0.717, 1.165) is 22.3 Å². The molecule has 9 nitrogen and oxygen atoms in total. The number of nitrogens with zero attached hydrogens (tertiary/aromatic N) is 1. The quantitative estimate of drug-likeness (QED) is 0.502. The molecule has 1 aliphatic rings. The van der Waals surface area contributed by atoms with Crippen LogP contribution in [0.15, 0.2) is 53.1 Å². The number of anilines is 1. The minimum Gasteiger partial charge on any atom is -0.481 e. The van der Waals surface area contributed by atoms with Crippen molar-refractivity contribution >= 4 is 23.9 Å². The Hall–Kier alpha value is -4.14. The van der Waals surface area contributed by atoms with Gasteiger partial charge in [0.1, 0.15) is 12.6 Å². The maximum atomic E-state index is 12.6. The van der Waals surface area contributed by atoms with Gasteiger partial charge in [0.25, 0.3) is 0 Å². The molecule has 1 unspecified atom stereocenters. The summed E-state index contributed by atoms with van der Waals surface area (Å²) in [4.78, 5) is 36.4. The zero-order valence-corrected chi connectivity index (χ0v) is 18.1. The van der Waals surface area contributed by atoms with E-state index in [4.69, 9.17) is 9.26 Å². The van der Waals surface area contributed by atoms with Crippen LogP contribution in [0.1, 0.15) is 34.7 Å². The summed E-state index contributed by atoms with van der Waals surface area (Å²) >= 11 is 0. The second kappa shape index (κ2) is 9.15. The fraction of sp³-hybridized carbons (Fsp3) is 0.250. The van der Waals surface area contributed by atoms with Crippen LogP contribution in [-0.4, -0.2) is 40.9 Å². The van der Waals surface area contributed by atoms with E-state index in [9.17, 15) is 19.5 Å². The van der Waals surface area contributed by atoms with Gasteiger partial charge in [-0.05, 0) is 36.1 Å². The molecule has 33 heavy (non-hydrogen) atoms. The summed E-state index contributed by atoms with van der Waals surface area (Å²) in [6.07, 6.45) is -1.51. The average molecular weight is 449 g/mol. The number of carbonyl (C=O) groups is 3. The van der Waals surface area contributed by atoms with E-state index in [-0.39, 0.29) is 18.4 Å². The van der Waals surface area contributed by atoms with Crippen LogP contribution >= 0.6 is 0 Å². The first-order valence-electron chi connectivity index (χ1n) is 10.4. The van der Waals surface area contributed by atoms with Crippen molar-refractivity contribution in [3.8, 4) is 11.1 Å². The number of rotatable bonds is 7. The Bertz CT molecular complexity index is 1170. The van der Waals surface area contributed by atoms with Gasteiger partial charge in [-0.1, -0.05) is 53.7 Å². The van der Waals surface area contributed by atoms with Crippen LogP contribution in [0, 0.1) is 13.8 Å². The number of nitrogens with one attached hydrogen (secondary N) is 2. The first-order chi connectivity index (χ1) is 15.8. The van der Waals surface area contributed by atoms with Crippen LogP contribution in [0.3, 0.4) is 0 Å². The Morgan fingerprint density at radius 2 is 1.67 bits per heavy atom. The molecule has 1 aliphatic carbocycles. The van der Waals surface area contributed by atoms with Crippen molar-refractivity contribution in [2.24, 2.45) is 0 Å². The highest BCUT2D eigenvalue weighted by molar-refractivity contribution is 5.98. The molecule has 2 aromatic carbocycles. The van der Waals surface area contributed by atoms with Gasteiger partial charge in [-0.2, -0.15) is 0 Å². The number of carboxylic acid groups (broad SMARTS) is 1. The third-order valence-electron chi connectivity index (χ3n) is 5.72. The topological polar surface area (TPSA) is 131 Å². The molecule has 3 N–H and O–H groups in total. The van der Waals surface area contributed by atoms with Crippen molar-refractivity contribution in [3.05, 3.63) is 70.9 Å². The third-order valence-corrected chi connectivity index (χ3v) is 5.72. The Balaban J connectivity index is 1.43. The van der Waals surface area contributed by atoms with Gasteiger partial charge in [0.2, 0.25) is 11.8 Å². The largest absolute Gasteiger partial charge is 0.481 e. The van der Waals surface area contributed by atoms with Crippen molar-refractivity contribution < 1.29 is 28.8 Å². The lowest BCUT2D eigenvalue weighted by atomic mass is 9.98. The molecular formula is C24H23N3O6. The molecule has 0 radical (unpaired) electrons. The number of hydrogen-bond donors (Lipinski definition) is 3. The van der Waals surface area contributed by atoms with Crippen LogP contribution in [0.2, 0.25) is 0 Å². The zero-order valence-electron chi connectivity index (χ0n) is 18.1. The van der Waals surface area contributed by atoms with E-state index in [2.05, 4.69) is 15.8 Å². The number of aliphatic carboxylic acids is 1. The summed E-state index contributed by atoms with van der Waals surface area (Å²) in [5, 5.41) is 17.7. The van der Waals surface area contributed by atoms with Crippen molar-refractivity contribution in [3.63, 3.8) is 0 Å². The highest BCUT2D eigenvalue weighted by Gasteiger charge is 2.30. The van der Waals surface area contributed by atoms with Gasteiger partial charge < -0.3 is 19.7 Å². The van der Waals surface area contributed by atoms with Gasteiger partial charge in [0, 0.05) is 11.5 Å². The van der Waals surface area contributed by atoms with E-state index < -0.39 is 30.4 Å². The molecule has 1 aromatic heterocycles. The van der Waals surface area contributed by atoms with Gasteiger partial charge in [-0.25, -0.2) is 4.79 Å². The minimum atomic E-state index is -1.36. The highest BCUT2D eigenvalue weighted by atomic mass is 16.5. The second-order valence-corrected chi connectivity index (χ2v) is 7.83. The lowest BCUT2D eigenvalue weighted by Crippen LogP contribution is -2.45. The van der Waals surface area contributed by atoms with E-state index in [1.807, 2.05) is 48.5 Å². The van der Waals surface area contributed by atoms with Gasteiger partial charge >= 0.3 is 12.1 Å². The lowest BCUT2D eigenvalue weighted by Gasteiger charge is -2.18. The average Bonchev–Trinajstić information content (AvgIpc) is 3.29. The summed E-state index contributed by atoms with van der Waals surface area (Å²) < 4.78 is 10.5. The summed E-state index contributed by atoms with van der Waals surface area (Å²) in [6, 6.07) is 14.4. The van der Waals surface area contributed by atoms with Crippen molar-refractivity contribution in [1.82, 2.24) is 10.5 Å². The predicted molar refractivity (Wildman–Crippen MR) is 119 cm³/mol. The number of fused-ring (bicyclic) bond motifs is 3. The number of aryl methyl sites for hydroxylation is 1. The molecule has 4 rings (SSSR count). The maximum Gasteiger partial charge on any atom is 0.407 e. The number of aromatic nitrogens is 1. The molecule has 9 heteroatoms. The van der Waals surface area contributed by atoms with Gasteiger partial charge in [0.05, 0.1) is 12.1 Å². The molecule has 170 valence electrons. The Kier molecular flexibility index (Phi) is 6.12. The predicted octanol–water partition coefficient (Wildman–Crippen LogP) is 3.61. The monoisotopic (exact) mass is 449 g/mol. The third kappa shape index (κ3) is 4.57. The van der Waals surface area contributed by atoms with Crippen LogP contribution < -0.4 is 10.6 Å². The van der Waals surface area contributed by atoms with E-state index in [0.29, 0.717) is 11.3 Å². The second-order valence-electron chi connectivity index (χ2n) is 7.83. The number of benzene rings is 2. The molecule has 2 amide bonds. The molecule has 0 fully saturated rings. The number of hydrogen-bond acceptors (Lipinski definition) is 6. The van der Waals surface area contributed by atoms with Crippen LogP contribution in [0.5, 0.6) is 0 Å².